The topological polar surface area (TPSA) is 49.4 Å². The van der Waals surface area contributed by atoms with Crippen LogP contribution in [-0.4, -0.2) is 55.5 Å². The van der Waals surface area contributed by atoms with Crippen LogP contribution in [0.25, 0.3) is 0 Å². The molecular weight excluding hydrogens is 236 g/mol. The zero-order valence-corrected chi connectivity index (χ0v) is 11.8. The average molecular weight is 260 g/mol. The molecule has 4 unspecified atom stereocenters. The molecule has 4 nitrogen and oxygen atoms in total. The molecule has 0 spiro atoms. The van der Waals surface area contributed by atoms with Gasteiger partial charge in [0.2, 0.25) is 0 Å². The summed E-state index contributed by atoms with van der Waals surface area (Å²) < 4.78 is 23.9. The predicted molar refractivity (Wildman–Crippen MR) is 69.9 cm³/mol. The van der Waals surface area contributed by atoms with Gasteiger partial charge in [0.05, 0.1) is 10.5 Å². The summed E-state index contributed by atoms with van der Waals surface area (Å²) in [7, 11) is -2.88. The molecule has 2 heterocycles. The highest BCUT2D eigenvalue weighted by Crippen LogP contribution is 2.24. The fourth-order valence-corrected chi connectivity index (χ4v) is 4.67. The minimum Gasteiger partial charge on any atom is -0.314 e. The van der Waals surface area contributed by atoms with Gasteiger partial charge in [0.1, 0.15) is 0 Å². The molecule has 0 aromatic carbocycles. The number of hydrogen-bond donors (Lipinski definition) is 1. The molecule has 0 aromatic heterocycles. The molecule has 2 fully saturated rings. The van der Waals surface area contributed by atoms with Gasteiger partial charge in [-0.05, 0) is 40.2 Å². The van der Waals surface area contributed by atoms with Crippen LogP contribution in [0.5, 0.6) is 0 Å². The molecule has 17 heavy (non-hydrogen) atoms. The molecule has 0 aliphatic carbocycles. The first kappa shape index (κ1) is 13.3. The largest absolute Gasteiger partial charge is 0.314 e. The van der Waals surface area contributed by atoms with E-state index in [1.807, 2.05) is 13.8 Å². The monoisotopic (exact) mass is 260 g/mol. The van der Waals surface area contributed by atoms with Crippen LogP contribution < -0.4 is 5.32 Å². The summed E-state index contributed by atoms with van der Waals surface area (Å²) in [5.41, 5.74) is 0. The first-order valence-corrected chi connectivity index (χ1v) is 8.22. The number of nitrogens with zero attached hydrogens (tertiary/aromatic N) is 1. The van der Waals surface area contributed by atoms with Crippen molar-refractivity contribution in [1.29, 1.82) is 0 Å². The van der Waals surface area contributed by atoms with Gasteiger partial charge in [-0.2, -0.15) is 0 Å². The van der Waals surface area contributed by atoms with Crippen LogP contribution in [-0.2, 0) is 9.84 Å². The number of hydrogen-bond acceptors (Lipinski definition) is 4. The van der Waals surface area contributed by atoms with Crippen molar-refractivity contribution in [3.63, 3.8) is 0 Å². The summed E-state index contributed by atoms with van der Waals surface area (Å²) in [6, 6.07) is 1.12. The second-order valence-corrected chi connectivity index (χ2v) is 8.49. The van der Waals surface area contributed by atoms with Gasteiger partial charge in [-0.1, -0.05) is 0 Å². The van der Waals surface area contributed by atoms with Crippen molar-refractivity contribution in [2.45, 2.75) is 56.2 Å². The fourth-order valence-electron chi connectivity index (χ4n) is 3.07. The molecule has 100 valence electrons. The Balaban J connectivity index is 2.04. The van der Waals surface area contributed by atoms with E-state index in [4.69, 9.17) is 0 Å². The second-order valence-electron chi connectivity index (χ2n) is 5.70. The summed E-state index contributed by atoms with van der Waals surface area (Å²) in [6.45, 7) is 8.39. The van der Waals surface area contributed by atoms with Gasteiger partial charge in [-0.3, -0.25) is 4.90 Å². The van der Waals surface area contributed by atoms with E-state index in [0.29, 0.717) is 25.2 Å². The van der Waals surface area contributed by atoms with Crippen LogP contribution >= 0.6 is 0 Å². The highest BCUT2D eigenvalue weighted by Gasteiger charge is 2.38. The lowest BCUT2D eigenvalue weighted by molar-refractivity contribution is 0.141. The third-order valence-electron chi connectivity index (χ3n) is 4.22. The average Bonchev–Trinajstić information content (AvgIpc) is 2.26. The highest BCUT2D eigenvalue weighted by atomic mass is 32.2. The quantitative estimate of drug-likeness (QED) is 0.751. The van der Waals surface area contributed by atoms with Gasteiger partial charge in [0.15, 0.2) is 9.84 Å². The van der Waals surface area contributed by atoms with E-state index < -0.39 is 9.84 Å². The predicted octanol–water partition coefficient (Wildman–Crippen LogP) is 0.634. The van der Waals surface area contributed by atoms with Crippen molar-refractivity contribution in [3.05, 3.63) is 0 Å². The Morgan fingerprint density at radius 3 is 2.24 bits per heavy atom. The number of sulfone groups is 1. The number of rotatable bonds is 1. The van der Waals surface area contributed by atoms with E-state index in [-0.39, 0.29) is 10.5 Å². The Labute approximate surface area is 105 Å². The van der Waals surface area contributed by atoms with E-state index in [2.05, 4.69) is 17.1 Å². The van der Waals surface area contributed by atoms with Gasteiger partial charge in [-0.15, -0.1) is 0 Å². The summed E-state index contributed by atoms with van der Waals surface area (Å²) >= 11 is 0. The molecule has 0 aromatic rings. The summed E-state index contributed by atoms with van der Waals surface area (Å²) in [6.07, 6.45) is 2.28. The molecule has 0 saturated carbocycles. The van der Waals surface area contributed by atoms with E-state index in [1.165, 1.54) is 0 Å². The zero-order chi connectivity index (χ0) is 12.6. The van der Waals surface area contributed by atoms with Crippen molar-refractivity contribution >= 4 is 9.84 Å². The maximum atomic E-state index is 12.0. The van der Waals surface area contributed by atoms with Crippen LogP contribution in [0.15, 0.2) is 0 Å². The molecule has 0 amide bonds. The molecule has 0 bridgehead atoms. The van der Waals surface area contributed by atoms with Crippen LogP contribution in [0.3, 0.4) is 0 Å². The molecular formula is C12H24N2O2S. The molecule has 2 rings (SSSR count). The van der Waals surface area contributed by atoms with Crippen LogP contribution in [0.2, 0.25) is 0 Å². The maximum absolute atomic E-state index is 12.0. The van der Waals surface area contributed by atoms with Gasteiger partial charge >= 0.3 is 0 Å². The second kappa shape index (κ2) is 4.86. The van der Waals surface area contributed by atoms with Gasteiger partial charge in [-0.25, -0.2) is 8.42 Å². The lowest BCUT2D eigenvalue weighted by Gasteiger charge is -2.42. The Morgan fingerprint density at radius 1 is 1.12 bits per heavy atom. The lowest BCUT2D eigenvalue weighted by atomic mass is 9.98. The zero-order valence-electron chi connectivity index (χ0n) is 11.0. The van der Waals surface area contributed by atoms with E-state index >= 15 is 0 Å². The SMILES string of the molecule is CC1CC(N2CC(C)S(=O)(=O)C(C)C2)CCN1. The third-order valence-corrected chi connectivity index (χ3v) is 6.76. The van der Waals surface area contributed by atoms with Crippen molar-refractivity contribution < 1.29 is 8.42 Å². The molecule has 1 N–H and O–H groups in total. The van der Waals surface area contributed by atoms with Crippen LogP contribution in [0, 0.1) is 0 Å². The maximum Gasteiger partial charge on any atom is 0.157 e. The lowest BCUT2D eigenvalue weighted by Crippen LogP contribution is -2.56. The minimum absolute atomic E-state index is 0.212. The number of piperidine rings is 1. The molecule has 2 aliphatic heterocycles. The van der Waals surface area contributed by atoms with Crippen molar-refractivity contribution in [3.8, 4) is 0 Å². The molecule has 2 saturated heterocycles. The Bertz CT molecular complexity index is 351. The van der Waals surface area contributed by atoms with Gasteiger partial charge < -0.3 is 5.32 Å². The highest BCUT2D eigenvalue weighted by molar-refractivity contribution is 7.92. The molecule has 4 atom stereocenters. The molecule has 2 aliphatic rings. The summed E-state index contributed by atoms with van der Waals surface area (Å²) in [5, 5.41) is 3.02. The normalized spacial score (nSPS) is 43.5. The molecule has 5 heteroatoms. The number of nitrogens with one attached hydrogen (secondary N) is 1. The first-order chi connectivity index (χ1) is 7.91. The smallest absolute Gasteiger partial charge is 0.157 e. The molecule has 0 radical (unpaired) electrons. The van der Waals surface area contributed by atoms with Crippen molar-refractivity contribution in [2.75, 3.05) is 19.6 Å². The fraction of sp³-hybridized carbons (Fsp3) is 1.00. The van der Waals surface area contributed by atoms with E-state index in [9.17, 15) is 8.42 Å². The Kier molecular flexibility index (Phi) is 3.80. The van der Waals surface area contributed by atoms with E-state index in [0.717, 1.165) is 19.4 Å². The first-order valence-electron chi connectivity index (χ1n) is 6.61. The van der Waals surface area contributed by atoms with Crippen LogP contribution in [0.1, 0.15) is 33.6 Å². The standard InChI is InChI=1S/C12H24N2O2S/c1-9-6-12(4-5-13-9)14-7-10(2)17(15,16)11(3)8-14/h9-13H,4-8H2,1-3H3. The van der Waals surface area contributed by atoms with Gasteiger partial charge in [0.25, 0.3) is 0 Å². The van der Waals surface area contributed by atoms with Gasteiger partial charge in [0, 0.05) is 25.2 Å². The van der Waals surface area contributed by atoms with Crippen molar-refractivity contribution in [1.82, 2.24) is 10.2 Å². The summed E-state index contributed by atoms with van der Waals surface area (Å²) in [5.74, 6) is 0. The summed E-state index contributed by atoms with van der Waals surface area (Å²) in [4.78, 5) is 2.40. The minimum atomic E-state index is -2.88. The van der Waals surface area contributed by atoms with E-state index in [1.54, 1.807) is 0 Å². The Hall–Kier alpha value is -0.130. The third kappa shape index (κ3) is 2.66. The van der Waals surface area contributed by atoms with Crippen molar-refractivity contribution in [2.24, 2.45) is 0 Å². The Morgan fingerprint density at radius 2 is 1.71 bits per heavy atom. The van der Waals surface area contributed by atoms with Crippen LogP contribution in [0.4, 0.5) is 0 Å².